The highest BCUT2D eigenvalue weighted by Gasteiger charge is 1.84. The Labute approximate surface area is 83.6 Å². The molecule has 0 amide bonds. The lowest BCUT2D eigenvalue weighted by Gasteiger charge is -1.82. The molecule has 0 atom stereocenters. The third-order valence-corrected chi connectivity index (χ3v) is 0.940. The Kier molecular flexibility index (Phi) is 7.84. The van der Waals surface area contributed by atoms with E-state index >= 15 is 0 Å². The summed E-state index contributed by atoms with van der Waals surface area (Å²) in [7, 11) is -4.67. The molecule has 0 aliphatic heterocycles. The Hall–Kier alpha value is -0.620. The second-order valence-electron chi connectivity index (χ2n) is 2.10. The predicted octanol–water partition coefficient (Wildman–Crippen LogP) is 1.76. The molecule has 0 unspecified atom stereocenters. The first-order chi connectivity index (χ1) is 5.39. The second kappa shape index (κ2) is 6.85. The van der Waals surface area contributed by atoms with E-state index in [1.165, 1.54) is 5.56 Å². The van der Waals surface area contributed by atoms with E-state index < -0.39 is 10.4 Å². The summed E-state index contributed by atoms with van der Waals surface area (Å²) in [5, 5.41) is 0. The minimum atomic E-state index is -4.67. The maximum absolute atomic E-state index is 8.74. The smallest absolute Gasteiger partial charge is 0.264 e. The van der Waals surface area contributed by atoms with Gasteiger partial charge < -0.3 is 0 Å². The van der Waals surface area contributed by atoms with Crippen molar-refractivity contribution in [2.75, 3.05) is 0 Å². The third-order valence-electron chi connectivity index (χ3n) is 0.940. The molecule has 0 bridgehead atoms. The lowest BCUT2D eigenvalue weighted by atomic mass is 10.2. The fourth-order valence-electron chi connectivity index (χ4n) is 0.534. The summed E-state index contributed by atoms with van der Waals surface area (Å²) in [5.41, 5.74) is 1.32. The first-order valence-electron chi connectivity index (χ1n) is 3.11. The quantitative estimate of drug-likeness (QED) is 0.661. The third kappa shape index (κ3) is 18.4. The van der Waals surface area contributed by atoms with Crippen LogP contribution in [0.4, 0.5) is 0 Å². The molecule has 6 heteroatoms. The van der Waals surface area contributed by atoms with Gasteiger partial charge in [-0.15, -0.1) is 12.4 Å². The normalized spacial score (nSPS) is 9.15. The Morgan fingerprint density at radius 2 is 1.38 bits per heavy atom. The van der Waals surface area contributed by atoms with E-state index in [-0.39, 0.29) is 12.4 Å². The standard InChI is InChI=1S/C7H8.ClH.H2O4S/c1-7-5-3-2-4-6-7;;1-5(2,3)4/h2-6H,1H3;1H;(H2,1,2,3,4). The first kappa shape index (κ1) is 14.9. The van der Waals surface area contributed by atoms with Gasteiger partial charge in [0.15, 0.2) is 0 Å². The Bertz CT molecular complexity index is 301. The molecule has 76 valence electrons. The van der Waals surface area contributed by atoms with Crippen molar-refractivity contribution < 1.29 is 17.5 Å². The number of benzene rings is 1. The van der Waals surface area contributed by atoms with Crippen LogP contribution >= 0.6 is 12.4 Å². The Balaban J connectivity index is 0. The highest BCUT2D eigenvalue weighted by Crippen LogP contribution is 1.92. The summed E-state index contributed by atoms with van der Waals surface area (Å²) in [4.78, 5) is 0. The predicted molar refractivity (Wildman–Crippen MR) is 52.6 cm³/mol. The molecule has 2 N–H and O–H groups in total. The van der Waals surface area contributed by atoms with Gasteiger partial charge in [-0.05, 0) is 6.92 Å². The molecule has 0 aromatic heterocycles. The van der Waals surface area contributed by atoms with Crippen LogP contribution in [0.3, 0.4) is 0 Å². The van der Waals surface area contributed by atoms with Crippen molar-refractivity contribution in [3.8, 4) is 0 Å². The van der Waals surface area contributed by atoms with E-state index in [0.717, 1.165) is 0 Å². The molecule has 1 aromatic rings. The van der Waals surface area contributed by atoms with Crippen LogP contribution in [0.2, 0.25) is 0 Å². The fraction of sp³-hybridized carbons (Fsp3) is 0.143. The minimum absolute atomic E-state index is 0. The van der Waals surface area contributed by atoms with Crippen LogP contribution in [0.25, 0.3) is 0 Å². The van der Waals surface area contributed by atoms with Gasteiger partial charge in [0.1, 0.15) is 0 Å². The maximum Gasteiger partial charge on any atom is 0.394 e. The van der Waals surface area contributed by atoms with Crippen molar-refractivity contribution in [3.05, 3.63) is 35.9 Å². The van der Waals surface area contributed by atoms with Crippen molar-refractivity contribution in [2.24, 2.45) is 0 Å². The average Bonchev–Trinajstić information content (AvgIpc) is 1.85. The largest absolute Gasteiger partial charge is 0.394 e. The van der Waals surface area contributed by atoms with E-state index in [1.807, 2.05) is 18.2 Å². The minimum Gasteiger partial charge on any atom is -0.264 e. The van der Waals surface area contributed by atoms with Gasteiger partial charge in [-0.1, -0.05) is 35.9 Å². The van der Waals surface area contributed by atoms with Crippen LogP contribution in [0.1, 0.15) is 5.56 Å². The number of aryl methyl sites for hydroxylation is 1. The number of hydrogen-bond acceptors (Lipinski definition) is 2. The van der Waals surface area contributed by atoms with E-state index in [0.29, 0.717) is 0 Å². The first-order valence-corrected chi connectivity index (χ1v) is 4.51. The van der Waals surface area contributed by atoms with Gasteiger partial charge in [0.2, 0.25) is 0 Å². The number of hydrogen-bond donors (Lipinski definition) is 2. The zero-order chi connectivity index (χ0) is 9.61. The Morgan fingerprint density at radius 1 is 1.08 bits per heavy atom. The highest BCUT2D eigenvalue weighted by molar-refractivity contribution is 7.79. The van der Waals surface area contributed by atoms with Crippen LogP contribution in [0, 0.1) is 6.92 Å². The average molecular weight is 227 g/mol. The van der Waals surface area contributed by atoms with E-state index in [9.17, 15) is 0 Å². The van der Waals surface area contributed by atoms with Gasteiger partial charge in [0.05, 0.1) is 0 Å². The van der Waals surface area contributed by atoms with Gasteiger partial charge >= 0.3 is 10.4 Å². The van der Waals surface area contributed by atoms with Gasteiger partial charge in [-0.2, -0.15) is 8.42 Å². The molecule has 0 fully saturated rings. The molecular weight excluding hydrogens is 216 g/mol. The lowest BCUT2D eigenvalue weighted by molar-refractivity contribution is 0.381. The zero-order valence-electron chi connectivity index (χ0n) is 6.91. The number of rotatable bonds is 0. The summed E-state index contributed by atoms with van der Waals surface area (Å²) in [6.07, 6.45) is 0. The molecule has 0 saturated carbocycles. The van der Waals surface area contributed by atoms with Crippen molar-refractivity contribution in [1.29, 1.82) is 0 Å². The van der Waals surface area contributed by atoms with Crippen LogP contribution in [0.15, 0.2) is 30.3 Å². The topological polar surface area (TPSA) is 74.6 Å². The zero-order valence-corrected chi connectivity index (χ0v) is 8.55. The van der Waals surface area contributed by atoms with Crippen molar-refractivity contribution in [1.82, 2.24) is 0 Å². The SMILES string of the molecule is Cc1ccccc1.Cl.O=S(=O)(O)O. The van der Waals surface area contributed by atoms with Crippen LogP contribution in [-0.4, -0.2) is 17.5 Å². The van der Waals surface area contributed by atoms with E-state index in [2.05, 4.69) is 19.1 Å². The number of halogens is 1. The summed E-state index contributed by atoms with van der Waals surface area (Å²) >= 11 is 0. The van der Waals surface area contributed by atoms with Gasteiger partial charge in [0, 0.05) is 0 Å². The van der Waals surface area contributed by atoms with Crippen LogP contribution < -0.4 is 0 Å². The molecule has 13 heavy (non-hydrogen) atoms. The molecule has 0 saturated heterocycles. The molecule has 0 aliphatic rings. The van der Waals surface area contributed by atoms with E-state index in [4.69, 9.17) is 17.5 Å². The molecule has 4 nitrogen and oxygen atoms in total. The lowest BCUT2D eigenvalue weighted by Crippen LogP contribution is -1.89. The highest BCUT2D eigenvalue weighted by atomic mass is 35.5. The summed E-state index contributed by atoms with van der Waals surface area (Å²) in [5.74, 6) is 0. The van der Waals surface area contributed by atoms with Crippen molar-refractivity contribution in [2.45, 2.75) is 6.92 Å². The molecule has 1 rings (SSSR count). The van der Waals surface area contributed by atoms with E-state index in [1.54, 1.807) is 0 Å². The molecular formula is C7H11ClO4S. The summed E-state index contributed by atoms with van der Waals surface area (Å²) < 4.78 is 31.6. The summed E-state index contributed by atoms with van der Waals surface area (Å²) in [6, 6.07) is 10.3. The van der Waals surface area contributed by atoms with Crippen molar-refractivity contribution in [3.63, 3.8) is 0 Å². The summed E-state index contributed by atoms with van der Waals surface area (Å²) in [6.45, 7) is 2.08. The Morgan fingerprint density at radius 3 is 1.54 bits per heavy atom. The monoisotopic (exact) mass is 226 g/mol. The molecule has 0 spiro atoms. The van der Waals surface area contributed by atoms with Gasteiger partial charge in [-0.25, -0.2) is 0 Å². The van der Waals surface area contributed by atoms with Gasteiger partial charge in [-0.3, -0.25) is 9.11 Å². The fourth-order valence-corrected chi connectivity index (χ4v) is 0.534. The van der Waals surface area contributed by atoms with Crippen LogP contribution in [-0.2, 0) is 10.4 Å². The molecule has 0 aliphatic carbocycles. The molecule has 0 heterocycles. The van der Waals surface area contributed by atoms with Gasteiger partial charge in [0.25, 0.3) is 0 Å². The maximum atomic E-state index is 8.74. The van der Waals surface area contributed by atoms with Crippen LogP contribution in [0.5, 0.6) is 0 Å². The molecule has 0 radical (unpaired) electrons. The second-order valence-corrected chi connectivity index (χ2v) is 3.00. The van der Waals surface area contributed by atoms with Crippen molar-refractivity contribution >= 4 is 22.8 Å². The molecule has 1 aromatic carbocycles.